The van der Waals surface area contributed by atoms with E-state index in [1.54, 1.807) is 0 Å². The van der Waals surface area contributed by atoms with E-state index in [1.165, 1.54) is 12.2 Å². The van der Waals surface area contributed by atoms with Gasteiger partial charge < -0.3 is 10.4 Å². The highest BCUT2D eigenvalue weighted by Gasteiger charge is 2.33. The van der Waals surface area contributed by atoms with Crippen LogP contribution in [0, 0.1) is 5.92 Å². The number of nitrogens with one attached hydrogen (secondary N) is 1. The minimum Gasteiger partial charge on any atom is -0.389 e. The van der Waals surface area contributed by atoms with Gasteiger partial charge in [0.1, 0.15) is 0 Å². The van der Waals surface area contributed by atoms with E-state index in [-0.39, 0.29) is 5.60 Å². The lowest BCUT2D eigenvalue weighted by Gasteiger charge is -2.37. The monoisotopic (exact) mass is 231 g/mol. The summed E-state index contributed by atoms with van der Waals surface area (Å²) in [6.07, 6.45) is 3.15. The van der Waals surface area contributed by atoms with E-state index in [4.69, 9.17) is 0 Å². The summed E-state index contributed by atoms with van der Waals surface area (Å²) in [5.74, 6) is 3.16. The topological polar surface area (TPSA) is 32.3 Å². The first kappa shape index (κ1) is 13.3. The van der Waals surface area contributed by atoms with Gasteiger partial charge in [0, 0.05) is 18.3 Å². The Hall–Kier alpha value is 0.270. The summed E-state index contributed by atoms with van der Waals surface area (Å²) in [5.41, 5.74) is -0.378. The Bertz CT molecular complexity index is 180. The first-order chi connectivity index (χ1) is 7.02. The van der Waals surface area contributed by atoms with Gasteiger partial charge in [0.05, 0.1) is 5.60 Å². The van der Waals surface area contributed by atoms with E-state index < -0.39 is 0 Å². The molecule has 0 saturated heterocycles. The Balaban J connectivity index is 2.00. The maximum Gasteiger partial charge on any atom is 0.0771 e. The summed E-state index contributed by atoms with van der Waals surface area (Å²) in [7, 11) is 0. The molecule has 0 aromatic rings. The molecule has 0 radical (unpaired) electrons. The molecule has 1 rings (SSSR count). The minimum atomic E-state index is -0.378. The van der Waals surface area contributed by atoms with Gasteiger partial charge in [-0.3, -0.25) is 0 Å². The van der Waals surface area contributed by atoms with E-state index in [1.807, 2.05) is 11.8 Å². The molecule has 1 unspecified atom stereocenters. The number of thioether (sulfide) groups is 1. The predicted octanol–water partition coefficient (Wildman–Crippen LogP) is 2.27. The summed E-state index contributed by atoms with van der Waals surface area (Å²) in [5, 5.41) is 13.3. The fraction of sp³-hybridized carbons (Fsp3) is 1.00. The molecule has 0 heterocycles. The van der Waals surface area contributed by atoms with Crippen molar-refractivity contribution in [2.75, 3.05) is 18.1 Å². The van der Waals surface area contributed by atoms with Gasteiger partial charge in [-0.1, -0.05) is 13.8 Å². The highest BCUT2D eigenvalue weighted by atomic mass is 32.2. The van der Waals surface area contributed by atoms with Crippen molar-refractivity contribution in [3.8, 4) is 0 Å². The van der Waals surface area contributed by atoms with Crippen molar-refractivity contribution in [2.45, 2.75) is 51.7 Å². The molecule has 15 heavy (non-hydrogen) atoms. The SMILES string of the molecule is CC(C)CSCC(C)NCC1(O)CCC1. The highest BCUT2D eigenvalue weighted by molar-refractivity contribution is 7.99. The van der Waals surface area contributed by atoms with Crippen LogP contribution in [0.25, 0.3) is 0 Å². The molecule has 2 nitrogen and oxygen atoms in total. The molecule has 0 amide bonds. The van der Waals surface area contributed by atoms with Crippen LogP contribution >= 0.6 is 11.8 Å². The van der Waals surface area contributed by atoms with Crippen molar-refractivity contribution in [3.63, 3.8) is 0 Å². The molecule has 0 aromatic carbocycles. The van der Waals surface area contributed by atoms with Gasteiger partial charge >= 0.3 is 0 Å². The molecule has 1 aliphatic carbocycles. The molecule has 1 fully saturated rings. The maximum atomic E-state index is 9.90. The second-order valence-electron chi connectivity index (χ2n) is 5.29. The molecule has 0 spiro atoms. The zero-order valence-corrected chi connectivity index (χ0v) is 11.1. The third kappa shape index (κ3) is 5.23. The van der Waals surface area contributed by atoms with Crippen molar-refractivity contribution in [2.24, 2.45) is 5.92 Å². The van der Waals surface area contributed by atoms with Gasteiger partial charge in [-0.2, -0.15) is 11.8 Å². The number of aliphatic hydroxyl groups is 1. The lowest BCUT2D eigenvalue weighted by atomic mass is 9.80. The van der Waals surface area contributed by atoms with Crippen LogP contribution in [-0.2, 0) is 0 Å². The fourth-order valence-corrected chi connectivity index (χ4v) is 2.74. The van der Waals surface area contributed by atoms with Gasteiger partial charge in [0.2, 0.25) is 0 Å². The van der Waals surface area contributed by atoms with Crippen molar-refractivity contribution in [1.29, 1.82) is 0 Å². The van der Waals surface area contributed by atoms with Crippen molar-refractivity contribution >= 4 is 11.8 Å². The Kier molecular flexibility index (Phi) is 5.44. The molecule has 1 atom stereocenters. The second kappa shape index (κ2) is 6.12. The van der Waals surface area contributed by atoms with Crippen LogP contribution in [0.2, 0.25) is 0 Å². The average Bonchev–Trinajstić information content (AvgIpc) is 2.11. The lowest BCUT2D eigenvalue weighted by Crippen LogP contribution is -2.48. The molecule has 0 aliphatic heterocycles. The summed E-state index contributed by atoms with van der Waals surface area (Å²) < 4.78 is 0. The van der Waals surface area contributed by atoms with E-state index >= 15 is 0 Å². The first-order valence-electron chi connectivity index (χ1n) is 6.05. The Morgan fingerprint density at radius 1 is 1.27 bits per heavy atom. The zero-order chi connectivity index (χ0) is 11.3. The Morgan fingerprint density at radius 2 is 1.93 bits per heavy atom. The molecule has 1 saturated carbocycles. The third-order valence-corrected chi connectivity index (χ3v) is 4.52. The van der Waals surface area contributed by atoms with Crippen LogP contribution in [0.15, 0.2) is 0 Å². The summed E-state index contributed by atoms with van der Waals surface area (Å²) in [6, 6.07) is 0.512. The lowest BCUT2D eigenvalue weighted by molar-refractivity contribution is -0.0324. The van der Waals surface area contributed by atoms with E-state index in [0.717, 1.165) is 31.1 Å². The van der Waals surface area contributed by atoms with Crippen molar-refractivity contribution < 1.29 is 5.11 Å². The second-order valence-corrected chi connectivity index (χ2v) is 6.37. The molecule has 3 heteroatoms. The van der Waals surface area contributed by atoms with Gasteiger partial charge in [0.25, 0.3) is 0 Å². The quantitative estimate of drug-likeness (QED) is 0.705. The zero-order valence-electron chi connectivity index (χ0n) is 10.3. The molecule has 2 N–H and O–H groups in total. The van der Waals surface area contributed by atoms with E-state index in [2.05, 4.69) is 26.1 Å². The molecule has 0 aromatic heterocycles. The Morgan fingerprint density at radius 3 is 2.40 bits per heavy atom. The van der Waals surface area contributed by atoms with Crippen LogP contribution in [0.1, 0.15) is 40.0 Å². The number of rotatable bonds is 7. The molecule has 90 valence electrons. The van der Waals surface area contributed by atoms with Crippen molar-refractivity contribution in [1.82, 2.24) is 5.32 Å². The molecule has 1 aliphatic rings. The smallest absolute Gasteiger partial charge is 0.0771 e. The largest absolute Gasteiger partial charge is 0.389 e. The average molecular weight is 231 g/mol. The highest BCUT2D eigenvalue weighted by Crippen LogP contribution is 2.30. The molecular weight excluding hydrogens is 206 g/mol. The van der Waals surface area contributed by atoms with E-state index in [9.17, 15) is 5.11 Å². The van der Waals surface area contributed by atoms with Crippen LogP contribution in [0.4, 0.5) is 0 Å². The Labute approximate surface area is 98.2 Å². The minimum absolute atomic E-state index is 0.378. The number of hydrogen-bond donors (Lipinski definition) is 2. The number of hydrogen-bond acceptors (Lipinski definition) is 3. The maximum absolute atomic E-state index is 9.90. The van der Waals surface area contributed by atoms with Gasteiger partial charge in [-0.15, -0.1) is 0 Å². The summed E-state index contributed by atoms with van der Waals surface area (Å²) in [4.78, 5) is 0. The van der Waals surface area contributed by atoms with Gasteiger partial charge in [-0.05, 0) is 37.9 Å². The summed E-state index contributed by atoms with van der Waals surface area (Å²) >= 11 is 2.00. The summed E-state index contributed by atoms with van der Waals surface area (Å²) in [6.45, 7) is 7.48. The third-order valence-electron chi connectivity index (χ3n) is 2.88. The van der Waals surface area contributed by atoms with Crippen LogP contribution in [0.5, 0.6) is 0 Å². The molecular formula is C12H25NOS. The van der Waals surface area contributed by atoms with Crippen LogP contribution in [0.3, 0.4) is 0 Å². The van der Waals surface area contributed by atoms with Crippen molar-refractivity contribution in [3.05, 3.63) is 0 Å². The van der Waals surface area contributed by atoms with Gasteiger partial charge in [-0.25, -0.2) is 0 Å². The van der Waals surface area contributed by atoms with E-state index in [0.29, 0.717) is 6.04 Å². The fourth-order valence-electron chi connectivity index (χ4n) is 1.67. The van der Waals surface area contributed by atoms with Crippen LogP contribution < -0.4 is 5.32 Å². The molecule has 0 bridgehead atoms. The predicted molar refractivity (Wildman–Crippen MR) is 68.4 cm³/mol. The van der Waals surface area contributed by atoms with Crippen LogP contribution in [-0.4, -0.2) is 34.8 Å². The normalized spacial score (nSPS) is 21.4. The standard InChI is InChI=1S/C12H25NOS/c1-10(2)7-15-8-11(3)13-9-12(14)5-4-6-12/h10-11,13-14H,4-9H2,1-3H3. The van der Waals surface area contributed by atoms with Gasteiger partial charge in [0.15, 0.2) is 0 Å². The first-order valence-corrected chi connectivity index (χ1v) is 7.21.